The second kappa shape index (κ2) is 11.4. The van der Waals surface area contributed by atoms with Gasteiger partial charge in [0.1, 0.15) is 0 Å². The molecule has 0 unspecified atom stereocenters. The van der Waals surface area contributed by atoms with Crippen molar-refractivity contribution in [1.82, 2.24) is 0 Å². The van der Waals surface area contributed by atoms with E-state index in [1.54, 1.807) is 0 Å². The maximum absolute atomic E-state index is 11.2. The Morgan fingerprint density at radius 3 is 2.23 bits per heavy atom. The molecular weight excluding hydrogens is 400 g/mol. The number of aromatic nitrogens is 1. The number of hydrogen-bond donors (Lipinski definition) is 2. The highest BCUT2D eigenvalue weighted by atomic mass is 32.1. The number of aliphatic hydroxyl groups excluding tert-OH is 1. The third kappa shape index (κ3) is 6.50. The predicted molar refractivity (Wildman–Crippen MR) is 134 cm³/mol. The zero-order valence-corrected chi connectivity index (χ0v) is 19.2. The monoisotopic (exact) mass is 431 g/mol. The second-order valence-corrected chi connectivity index (χ2v) is 8.22. The van der Waals surface area contributed by atoms with Gasteiger partial charge in [0, 0.05) is 23.4 Å². The molecule has 3 rings (SSSR count). The number of benzene rings is 2. The third-order valence-corrected chi connectivity index (χ3v) is 5.56. The number of aryl methyl sites for hydroxylation is 2. The lowest BCUT2D eigenvalue weighted by Crippen LogP contribution is -2.38. The van der Waals surface area contributed by atoms with Crippen LogP contribution in [-0.4, -0.2) is 10.1 Å². The van der Waals surface area contributed by atoms with Gasteiger partial charge >= 0.3 is 0 Å². The summed E-state index contributed by atoms with van der Waals surface area (Å²) in [7, 11) is 0. The molecule has 2 N–H and O–H groups in total. The van der Waals surface area contributed by atoms with Crippen LogP contribution in [0.2, 0.25) is 0 Å². The van der Waals surface area contributed by atoms with E-state index >= 15 is 0 Å². The minimum Gasteiger partial charge on any atom is -0.502 e. The Morgan fingerprint density at radius 1 is 0.903 bits per heavy atom. The highest BCUT2D eigenvalue weighted by Gasteiger charge is 2.23. The van der Waals surface area contributed by atoms with E-state index in [1.807, 2.05) is 78.5 Å². The minimum absolute atomic E-state index is 0.151. The Balaban J connectivity index is 1.87. The van der Waals surface area contributed by atoms with Crippen LogP contribution in [0, 0.1) is 6.92 Å². The van der Waals surface area contributed by atoms with Gasteiger partial charge in [-0.1, -0.05) is 86.4 Å². The van der Waals surface area contributed by atoms with Gasteiger partial charge in [-0.05, 0) is 37.5 Å². The van der Waals surface area contributed by atoms with Crippen molar-refractivity contribution in [3.63, 3.8) is 0 Å². The lowest BCUT2D eigenvalue weighted by atomic mass is 10.0. The molecule has 4 heteroatoms. The fourth-order valence-corrected chi connectivity index (χ4v) is 3.76. The molecule has 0 aliphatic heterocycles. The van der Waals surface area contributed by atoms with Gasteiger partial charge in [-0.15, -0.1) is 0 Å². The van der Waals surface area contributed by atoms with Crippen LogP contribution in [0.4, 0.5) is 5.69 Å². The topological polar surface area (TPSA) is 36.1 Å². The molecule has 3 nitrogen and oxygen atoms in total. The van der Waals surface area contributed by atoms with E-state index in [4.69, 9.17) is 12.2 Å². The summed E-state index contributed by atoms with van der Waals surface area (Å²) in [5.41, 5.74) is 4.66. The molecule has 31 heavy (non-hydrogen) atoms. The molecule has 0 amide bonds. The van der Waals surface area contributed by atoms with Crippen molar-refractivity contribution in [3.05, 3.63) is 95.8 Å². The smallest absolute Gasteiger partial charge is 0.288 e. The van der Waals surface area contributed by atoms with Gasteiger partial charge in [0.2, 0.25) is 0 Å². The average Bonchev–Trinajstić information content (AvgIpc) is 2.79. The lowest BCUT2D eigenvalue weighted by molar-refractivity contribution is -0.575. The summed E-state index contributed by atoms with van der Waals surface area (Å²) in [4.78, 5) is 0.459. The van der Waals surface area contributed by atoms with Crippen molar-refractivity contribution < 1.29 is 9.67 Å². The van der Waals surface area contributed by atoms with E-state index in [1.165, 1.54) is 36.8 Å². The van der Waals surface area contributed by atoms with E-state index in [2.05, 4.69) is 24.4 Å². The molecule has 0 fully saturated rings. The predicted octanol–water partition coefficient (Wildman–Crippen LogP) is 6.73. The Hall–Kier alpha value is -2.98. The highest BCUT2D eigenvalue weighted by Crippen LogP contribution is 2.20. The van der Waals surface area contributed by atoms with Gasteiger partial charge < -0.3 is 10.4 Å². The van der Waals surface area contributed by atoms with Crippen molar-refractivity contribution in [2.24, 2.45) is 0 Å². The molecule has 0 bridgehead atoms. The van der Waals surface area contributed by atoms with Gasteiger partial charge in [-0.2, -0.15) is 4.57 Å². The molecular formula is C27H31N2OS+. The zero-order valence-electron chi connectivity index (χ0n) is 18.3. The zero-order chi connectivity index (χ0) is 22.1. The van der Waals surface area contributed by atoms with Gasteiger partial charge in [-0.25, -0.2) is 0 Å². The lowest BCUT2D eigenvalue weighted by Gasteiger charge is -2.11. The first-order valence-corrected chi connectivity index (χ1v) is 11.4. The maximum atomic E-state index is 11.2. The molecule has 1 aromatic heterocycles. The molecule has 0 aliphatic rings. The van der Waals surface area contributed by atoms with Crippen LogP contribution in [0.25, 0.3) is 11.5 Å². The van der Waals surface area contributed by atoms with E-state index in [9.17, 15) is 5.11 Å². The van der Waals surface area contributed by atoms with Crippen LogP contribution >= 0.6 is 12.2 Å². The van der Waals surface area contributed by atoms with E-state index < -0.39 is 0 Å². The quantitative estimate of drug-likeness (QED) is 0.130. The molecule has 0 saturated carbocycles. The summed E-state index contributed by atoms with van der Waals surface area (Å²) < 4.78 is 1.84. The molecule has 0 radical (unpaired) electrons. The van der Waals surface area contributed by atoms with Crippen molar-refractivity contribution in [2.75, 3.05) is 5.32 Å². The number of hydrogen-bond acceptors (Lipinski definition) is 2. The number of pyridine rings is 1. The molecule has 0 spiro atoms. The van der Waals surface area contributed by atoms with Crippen LogP contribution < -0.4 is 9.88 Å². The summed E-state index contributed by atoms with van der Waals surface area (Å²) >= 11 is 5.71. The molecule has 2 aromatic carbocycles. The number of rotatable bonds is 9. The second-order valence-electron chi connectivity index (χ2n) is 7.81. The van der Waals surface area contributed by atoms with Crippen molar-refractivity contribution in [1.29, 1.82) is 0 Å². The van der Waals surface area contributed by atoms with Gasteiger partial charge in [0.25, 0.3) is 5.70 Å². The van der Waals surface area contributed by atoms with E-state index in [-0.39, 0.29) is 5.76 Å². The largest absolute Gasteiger partial charge is 0.502 e. The third-order valence-electron chi connectivity index (χ3n) is 5.27. The van der Waals surface area contributed by atoms with Gasteiger partial charge in [-0.3, -0.25) is 0 Å². The van der Waals surface area contributed by atoms with Gasteiger partial charge in [0.05, 0.1) is 0 Å². The number of nitrogens with one attached hydrogen (secondary N) is 1. The summed E-state index contributed by atoms with van der Waals surface area (Å²) in [6.07, 6.45) is 9.83. The Morgan fingerprint density at radius 2 is 1.58 bits per heavy atom. The Bertz CT molecular complexity index is 1010. The van der Waals surface area contributed by atoms with Crippen molar-refractivity contribution in [2.45, 2.75) is 46.0 Å². The Labute approximate surface area is 191 Å². The average molecular weight is 432 g/mol. The fourth-order valence-electron chi connectivity index (χ4n) is 3.44. The van der Waals surface area contributed by atoms with Crippen molar-refractivity contribution >= 4 is 34.3 Å². The van der Waals surface area contributed by atoms with Gasteiger partial charge in [0.15, 0.2) is 23.1 Å². The first-order chi connectivity index (χ1) is 15.1. The summed E-state index contributed by atoms with van der Waals surface area (Å²) in [6, 6.07) is 22.0. The normalized spacial score (nSPS) is 11.7. The number of nitrogens with zero attached hydrogens (tertiary/aromatic N) is 1. The summed E-state index contributed by atoms with van der Waals surface area (Å²) in [5, 5.41) is 14.5. The first kappa shape index (κ1) is 22.7. The van der Waals surface area contributed by atoms with E-state index in [0.717, 1.165) is 17.7 Å². The van der Waals surface area contributed by atoms with Crippen LogP contribution in [-0.2, 0) is 6.42 Å². The molecule has 3 aromatic rings. The molecule has 1 heterocycles. The van der Waals surface area contributed by atoms with Crippen LogP contribution in [0.1, 0.15) is 49.3 Å². The first-order valence-electron chi connectivity index (χ1n) is 11.0. The standard InChI is InChI=1S/C27H30N2OS/c1-3-4-5-7-10-22-13-15-23(16-14-22)26(30)25(29-19-8-6-9-20-29)27(31)28-24-17-11-21(2)12-18-24/h6,8-9,11-20H,3-5,7,10H2,1-2H3,(H-,28,30,31)/p+1. The SMILES string of the molecule is CCCCCCc1ccc(/C(O)=C(\C(=S)Nc2ccc(C)cc2)[n+]2ccccc2)cc1. The molecule has 0 atom stereocenters. The molecule has 160 valence electrons. The van der Waals surface area contributed by atoms with Crippen LogP contribution in [0.15, 0.2) is 79.1 Å². The molecule has 0 aliphatic carbocycles. The summed E-state index contributed by atoms with van der Waals surface area (Å²) in [5.74, 6) is 0.151. The fraction of sp³-hybridized carbons (Fsp3) is 0.259. The Kier molecular flexibility index (Phi) is 8.36. The maximum Gasteiger partial charge on any atom is 0.288 e. The number of thiocarbonyl (C=S) groups is 1. The highest BCUT2D eigenvalue weighted by molar-refractivity contribution is 7.81. The number of aliphatic hydroxyl groups is 1. The van der Waals surface area contributed by atoms with Crippen molar-refractivity contribution in [3.8, 4) is 0 Å². The number of anilines is 1. The summed E-state index contributed by atoms with van der Waals surface area (Å²) in [6.45, 7) is 4.27. The van der Waals surface area contributed by atoms with Crippen LogP contribution in [0.3, 0.4) is 0 Å². The van der Waals surface area contributed by atoms with Crippen LogP contribution in [0.5, 0.6) is 0 Å². The number of unbranched alkanes of at least 4 members (excludes halogenated alkanes) is 3. The minimum atomic E-state index is 0.151. The molecule has 0 saturated heterocycles. The van der Waals surface area contributed by atoms with E-state index in [0.29, 0.717) is 10.7 Å².